The highest BCUT2D eigenvalue weighted by Gasteiger charge is 2.16. The predicted molar refractivity (Wildman–Crippen MR) is 70.2 cm³/mol. The van der Waals surface area contributed by atoms with Crippen LogP contribution in [-0.4, -0.2) is 23.7 Å². The zero-order valence-electron chi connectivity index (χ0n) is 10.7. The molecule has 19 heavy (non-hydrogen) atoms. The van der Waals surface area contributed by atoms with Crippen molar-refractivity contribution in [3.63, 3.8) is 0 Å². The first-order valence-electron chi connectivity index (χ1n) is 5.93. The molecule has 3 aromatic rings. The van der Waals surface area contributed by atoms with E-state index in [1.54, 1.807) is 49.2 Å². The van der Waals surface area contributed by atoms with Gasteiger partial charge >= 0.3 is 5.69 Å². The molecule has 7 nitrogen and oxygen atoms in total. The molecule has 0 aliphatic heterocycles. The third-order valence-corrected chi connectivity index (χ3v) is 2.92. The summed E-state index contributed by atoms with van der Waals surface area (Å²) in [5.74, 6) is 1.01. The van der Waals surface area contributed by atoms with Gasteiger partial charge in [-0.15, -0.1) is 0 Å². The lowest BCUT2D eigenvalue weighted by Crippen LogP contribution is -2.31. The Morgan fingerprint density at radius 3 is 2.74 bits per heavy atom. The maximum absolute atomic E-state index is 12.5. The maximum atomic E-state index is 12.5. The second-order valence-electron chi connectivity index (χ2n) is 4.46. The number of fused-ring (bicyclic) bond motifs is 1. The number of aryl methyl sites for hydroxylation is 1. The first-order valence-corrected chi connectivity index (χ1v) is 5.93. The minimum atomic E-state index is -0.366. The van der Waals surface area contributed by atoms with E-state index in [2.05, 4.69) is 10.1 Å². The minimum absolute atomic E-state index is 0.221. The van der Waals surface area contributed by atoms with E-state index in [-0.39, 0.29) is 11.7 Å². The maximum Gasteiger partial charge on any atom is 0.341 e. The first kappa shape index (κ1) is 11.7. The summed E-state index contributed by atoms with van der Waals surface area (Å²) >= 11 is 0. The molecule has 0 saturated heterocycles. The van der Waals surface area contributed by atoms with Gasteiger partial charge in [-0.05, 0) is 19.1 Å². The number of aromatic nitrogens is 5. The van der Waals surface area contributed by atoms with Gasteiger partial charge in [0.2, 0.25) is 0 Å². The predicted octanol–water partition coefficient (Wildman–Crippen LogP) is 0.238. The molecule has 0 amide bonds. The fourth-order valence-corrected chi connectivity index (χ4v) is 2.04. The summed E-state index contributed by atoms with van der Waals surface area (Å²) in [5, 5.41) is 4.25. The smallest absolute Gasteiger partial charge is 0.322 e. The van der Waals surface area contributed by atoms with Crippen LogP contribution in [-0.2, 0) is 7.05 Å². The van der Waals surface area contributed by atoms with Gasteiger partial charge in [-0.3, -0.25) is 9.08 Å². The molecular formula is C12H14N6O. The van der Waals surface area contributed by atoms with Crippen LogP contribution in [0.15, 0.2) is 35.4 Å². The van der Waals surface area contributed by atoms with E-state index in [9.17, 15) is 4.79 Å². The summed E-state index contributed by atoms with van der Waals surface area (Å²) < 4.78 is 4.55. The summed E-state index contributed by atoms with van der Waals surface area (Å²) in [5.41, 5.74) is 6.29. The molecule has 0 radical (unpaired) electrons. The lowest BCUT2D eigenvalue weighted by Gasteiger charge is -2.12. The van der Waals surface area contributed by atoms with E-state index in [0.717, 1.165) is 0 Å². The van der Waals surface area contributed by atoms with E-state index in [4.69, 9.17) is 5.73 Å². The lowest BCUT2D eigenvalue weighted by molar-refractivity contribution is 0.648. The van der Waals surface area contributed by atoms with Crippen LogP contribution < -0.4 is 11.4 Å². The molecule has 0 saturated carbocycles. The zero-order chi connectivity index (χ0) is 13.6. The molecule has 0 bridgehead atoms. The lowest BCUT2D eigenvalue weighted by atomic mass is 10.3. The second-order valence-corrected chi connectivity index (χ2v) is 4.46. The number of nitrogens with zero attached hydrogens (tertiary/aromatic N) is 5. The molecule has 0 aliphatic rings. The van der Waals surface area contributed by atoms with Crippen LogP contribution in [0.2, 0.25) is 0 Å². The molecule has 1 atom stereocenters. The zero-order valence-corrected chi connectivity index (χ0v) is 10.7. The average molecular weight is 258 g/mol. The molecule has 0 spiro atoms. The summed E-state index contributed by atoms with van der Waals surface area (Å²) in [4.78, 5) is 16.9. The van der Waals surface area contributed by atoms with E-state index in [0.29, 0.717) is 17.3 Å². The van der Waals surface area contributed by atoms with Gasteiger partial charge < -0.3 is 5.73 Å². The Hall–Kier alpha value is -2.41. The largest absolute Gasteiger partial charge is 0.341 e. The van der Waals surface area contributed by atoms with E-state index in [1.165, 1.54) is 8.97 Å². The fraction of sp³-hybridized carbons (Fsp3) is 0.250. The van der Waals surface area contributed by atoms with Gasteiger partial charge in [-0.25, -0.2) is 14.3 Å². The van der Waals surface area contributed by atoms with Crippen molar-refractivity contribution in [1.82, 2.24) is 23.7 Å². The minimum Gasteiger partial charge on any atom is -0.322 e. The van der Waals surface area contributed by atoms with Crippen molar-refractivity contribution in [3.05, 3.63) is 46.9 Å². The van der Waals surface area contributed by atoms with E-state index in [1.807, 2.05) is 0 Å². The van der Waals surface area contributed by atoms with Crippen molar-refractivity contribution in [2.75, 3.05) is 0 Å². The van der Waals surface area contributed by atoms with Crippen molar-refractivity contribution in [1.29, 1.82) is 0 Å². The SMILES string of the molecule is CC(N)c1nc2cccn2c(=O)n1-c1ccn(C)n1. The van der Waals surface area contributed by atoms with Crippen LogP contribution >= 0.6 is 0 Å². The summed E-state index contributed by atoms with van der Waals surface area (Å²) in [6, 6.07) is 4.94. The van der Waals surface area contributed by atoms with Gasteiger partial charge in [0.05, 0.1) is 6.04 Å². The van der Waals surface area contributed by atoms with Crippen LogP contribution in [0.25, 0.3) is 11.5 Å². The van der Waals surface area contributed by atoms with E-state index < -0.39 is 0 Å². The summed E-state index contributed by atoms with van der Waals surface area (Å²) in [6.45, 7) is 1.79. The van der Waals surface area contributed by atoms with Crippen molar-refractivity contribution in [2.45, 2.75) is 13.0 Å². The molecule has 0 aromatic carbocycles. The molecule has 3 aromatic heterocycles. The summed E-state index contributed by atoms with van der Waals surface area (Å²) in [6.07, 6.45) is 3.45. The monoisotopic (exact) mass is 258 g/mol. The Kier molecular flexibility index (Phi) is 2.49. The Labute approximate surface area is 108 Å². The van der Waals surface area contributed by atoms with Crippen molar-refractivity contribution in [2.24, 2.45) is 12.8 Å². The Balaban J connectivity index is 2.40. The van der Waals surface area contributed by atoms with Gasteiger partial charge in [0.25, 0.3) is 0 Å². The molecule has 3 heterocycles. The number of rotatable bonds is 2. The standard InChI is InChI=1S/C12H14N6O/c1-8(13)11-14-9-4-3-6-17(9)12(19)18(11)10-5-7-16(2)15-10/h3-8H,13H2,1-2H3. The van der Waals surface area contributed by atoms with Gasteiger partial charge in [-0.2, -0.15) is 5.10 Å². The van der Waals surface area contributed by atoms with Crippen molar-refractivity contribution >= 4 is 5.65 Å². The first-order chi connectivity index (χ1) is 9.08. The molecular weight excluding hydrogens is 244 g/mol. The normalized spacial score (nSPS) is 13.0. The van der Waals surface area contributed by atoms with E-state index >= 15 is 0 Å². The third-order valence-electron chi connectivity index (χ3n) is 2.92. The van der Waals surface area contributed by atoms with Crippen LogP contribution in [0.3, 0.4) is 0 Å². The fourth-order valence-electron chi connectivity index (χ4n) is 2.04. The van der Waals surface area contributed by atoms with Gasteiger partial charge in [-0.1, -0.05) is 0 Å². The third kappa shape index (κ3) is 1.75. The number of nitrogens with two attached hydrogens (primary N) is 1. The van der Waals surface area contributed by atoms with Gasteiger partial charge in [0.1, 0.15) is 11.5 Å². The van der Waals surface area contributed by atoms with Crippen LogP contribution in [0, 0.1) is 0 Å². The molecule has 98 valence electrons. The van der Waals surface area contributed by atoms with Crippen molar-refractivity contribution < 1.29 is 0 Å². The Morgan fingerprint density at radius 2 is 2.11 bits per heavy atom. The van der Waals surface area contributed by atoms with Gasteiger partial charge in [0.15, 0.2) is 5.82 Å². The molecule has 2 N–H and O–H groups in total. The quantitative estimate of drug-likeness (QED) is 0.713. The molecule has 0 fully saturated rings. The van der Waals surface area contributed by atoms with Gasteiger partial charge in [0, 0.05) is 25.5 Å². The highest BCUT2D eigenvalue weighted by atomic mass is 16.1. The molecule has 1 unspecified atom stereocenters. The number of hydrogen-bond donors (Lipinski definition) is 1. The Bertz CT molecular complexity index is 794. The topological polar surface area (TPSA) is 83.1 Å². The average Bonchev–Trinajstić information content (AvgIpc) is 2.97. The summed E-state index contributed by atoms with van der Waals surface area (Å²) in [7, 11) is 1.79. The Morgan fingerprint density at radius 1 is 1.32 bits per heavy atom. The van der Waals surface area contributed by atoms with Crippen molar-refractivity contribution in [3.8, 4) is 5.82 Å². The van der Waals surface area contributed by atoms with Crippen LogP contribution in [0.1, 0.15) is 18.8 Å². The number of hydrogen-bond acceptors (Lipinski definition) is 4. The second kappa shape index (κ2) is 4.06. The highest BCUT2D eigenvalue weighted by molar-refractivity contribution is 5.40. The highest BCUT2D eigenvalue weighted by Crippen LogP contribution is 2.11. The molecule has 0 aliphatic carbocycles. The molecule has 3 rings (SSSR count). The molecule has 7 heteroatoms. The van der Waals surface area contributed by atoms with Crippen LogP contribution in [0.4, 0.5) is 0 Å². The van der Waals surface area contributed by atoms with Crippen LogP contribution in [0.5, 0.6) is 0 Å².